The molecule has 2 nitrogen and oxygen atoms in total. The van der Waals surface area contributed by atoms with E-state index < -0.39 is 0 Å². The van der Waals surface area contributed by atoms with Gasteiger partial charge in [0.2, 0.25) is 0 Å². The fourth-order valence-corrected chi connectivity index (χ4v) is 2.65. The van der Waals surface area contributed by atoms with Gasteiger partial charge in [0.05, 0.1) is 7.11 Å². The lowest BCUT2D eigenvalue weighted by molar-refractivity contribution is 0.361. The van der Waals surface area contributed by atoms with Gasteiger partial charge in [-0.1, -0.05) is 39.8 Å². The Bertz CT molecular complexity index is 363. The predicted octanol–water partition coefficient (Wildman–Crippen LogP) is 4.29. The van der Waals surface area contributed by atoms with E-state index in [1.165, 1.54) is 18.4 Å². The Morgan fingerprint density at radius 1 is 1.05 bits per heavy atom. The fraction of sp³-hybridized carbons (Fsp3) is 0.667. The molecular formula is C18H31NO. The number of nitrogens with one attached hydrogen (secondary N) is 1. The van der Waals surface area contributed by atoms with E-state index in [9.17, 15) is 0 Å². The van der Waals surface area contributed by atoms with Crippen molar-refractivity contribution in [2.24, 2.45) is 11.8 Å². The third-order valence-electron chi connectivity index (χ3n) is 3.49. The van der Waals surface area contributed by atoms with Crippen molar-refractivity contribution in [3.63, 3.8) is 0 Å². The van der Waals surface area contributed by atoms with E-state index >= 15 is 0 Å². The van der Waals surface area contributed by atoms with Crippen LogP contribution in [0, 0.1) is 11.8 Å². The Hall–Kier alpha value is -1.02. The van der Waals surface area contributed by atoms with Crippen LogP contribution in [0.3, 0.4) is 0 Å². The van der Waals surface area contributed by atoms with E-state index in [4.69, 9.17) is 4.74 Å². The molecule has 0 aromatic heterocycles. The Morgan fingerprint density at radius 2 is 1.70 bits per heavy atom. The van der Waals surface area contributed by atoms with Crippen LogP contribution in [0.5, 0.6) is 5.75 Å². The zero-order valence-corrected chi connectivity index (χ0v) is 13.8. The van der Waals surface area contributed by atoms with Crippen LogP contribution in [0.2, 0.25) is 0 Å². The fourth-order valence-electron chi connectivity index (χ4n) is 2.65. The number of methoxy groups -OCH3 is 1. The highest BCUT2D eigenvalue weighted by Crippen LogP contribution is 2.15. The molecule has 0 aliphatic heterocycles. The van der Waals surface area contributed by atoms with Gasteiger partial charge in [-0.05, 0) is 55.3 Å². The van der Waals surface area contributed by atoms with Gasteiger partial charge in [0.25, 0.3) is 0 Å². The Kier molecular flexibility index (Phi) is 7.68. The lowest BCUT2D eigenvalue weighted by atomic mass is 9.95. The number of benzene rings is 1. The highest BCUT2D eigenvalue weighted by molar-refractivity contribution is 5.28. The smallest absolute Gasteiger partial charge is 0.119 e. The first-order valence-corrected chi connectivity index (χ1v) is 7.87. The molecule has 2 heteroatoms. The van der Waals surface area contributed by atoms with E-state index in [0.29, 0.717) is 6.04 Å². The molecule has 114 valence electrons. The van der Waals surface area contributed by atoms with Crippen LogP contribution in [-0.2, 0) is 6.42 Å². The van der Waals surface area contributed by atoms with Gasteiger partial charge in [-0.25, -0.2) is 0 Å². The SMILES string of the molecule is COc1cccc(CCNC(CC(C)C)CC(C)C)c1. The number of hydrogen-bond acceptors (Lipinski definition) is 2. The minimum atomic E-state index is 0.639. The minimum absolute atomic E-state index is 0.639. The first kappa shape index (κ1) is 17.0. The third kappa shape index (κ3) is 6.95. The van der Waals surface area contributed by atoms with E-state index in [1.54, 1.807) is 7.11 Å². The van der Waals surface area contributed by atoms with E-state index in [1.807, 2.05) is 6.07 Å². The maximum atomic E-state index is 5.27. The zero-order chi connectivity index (χ0) is 15.0. The lowest BCUT2D eigenvalue weighted by Gasteiger charge is -2.22. The van der Waals surface area contributed by atoms with Crippen LogP contribution in [0.4, 0.5) is 0 Å². The van der Waals surface area contributed by atoms with Crippen molar-refractivity contribution in [3.05, 3.63) is 29.8 Å². The molecule has 0 saturated heterocycles. The molecule has 0 bridgehead atoms. The topological polar surface area (TPSA) is 21.3 Å². The van der Waals surface area contributed by atoms with Crippen molar-refractivity contribution in [2.45, 2.75) is 53.0 Å². The van der Waals surface area contributed by atoms with Gasteiger partial charge in [0, 0.05) is 6.04 Å². The molecule has 1 rings (SSSR count). The summed E-state index contributed by atoms with van der Waals surface area (Å²) in [5.74, 6) is 2.45. The third-order valence-corrected chi connectivity index (χ3v) is 3.49. The van der Waals surface area contributed by atoms with Crippen LogP contribution < -0.4 is 10.1 Å². The van der Waals surface area contributed by atoms with Gasteiger partial charge < -0.3 is 10.1 Å². The van der Waals surface area contributed by atoms with Crippen molar-refractivity contribution in [1.29, 1.82) is 0 Å². The molecule has 0 spiro atoms. The average molecular weight is 277 g/mol. The van der Waals surface area contributed by atoms with Gasteiger partial charge in [-0.15, -0.1) is 0 Å². The normalized spacial score (nSPS) is 11.6. The van der Waals surface area contributed by atoms with Crippen LogP contribution in [-0.4, -0.2) is 19.7 Å². The first-order valence-electron chi connectivity index (χ1n) is 7.87. The first-order chi connectivity index (χ1) is 9.51. The van der Waals surface area contributed by atoms with Crippen LogP contribution >= 0.6 is 0 Å². The van der Waals surface area contributed by atoms with E-state index in [2.05, 4.69) is 51.2 Å². The maximum absolute atomic E-state index is 5.27. The molecule has 0 atom stereocenters. The molecule has 0 radical (unpaired) electrons. The van der Waals surface area contributed by atoms with Crippen molar-refractivity contribution in [2.75, 3.05) is 13.7 Å². The van der Waals surface area contributed by atoms with Crippen LogP contribution in [0.25, 0.3) is 0 Å². The second-order valence-electron chi connectivity index (χ2n) is 6.51. The van der Waals surface area contributed by atoms with E-state index in [0.717, 1.165) is 30.6 Å². The Morgan fingerprint density at radius 3 is 2.25 bits per heavy atom. The molecule has 0 saturated carbocycles. The molecule has 0 aliphatic rings. The second kappa shape index (κ2) is 9.02. The molecule has 20 heavy (non-hydrogen) atoms. The average Bonchev–Trinajstić information content (AvgIpc) is 2.37. The Balaban J connectivity index is 2.42. The summed E-state index contributed by atoms with van der Waals surface area (Å²) in [6.45, 7) is 10.2. The summed E-state index contributed by atoms with van der Waals surface area (Å²) < 4.78 is 5.27. The van der Waals surface area contributed by atoms with E-state index in [-0.39, 0.29) is 0 Å². The van der Waals surface area contributed by atoms with Gasteiger partial charge in [-0.2, -0.15) is 0 Å². The molecular weight excluding hydrogens is 246 g/mol. The summed E-state index contributed by atoms with van der Waals surface area (Å²) in [5.41, 5.74) is 1.34. The van der Waals surface area contributed by atoms with Crippen molar-refractivity contribution in [3.8, 4) is 5.75 Å². The summed E-state index contributed by atoms with van der Waals surface area (Å²) in [4.78, 5) is 0. The maximum Gasteiger partial charge on any atom is 0.119 e. The predicted molar refractivity (Wildman–Crippen MR) is 87.4 cm³/mol. The molecule has 1 aromatic rings. The molecule has 0 fully saturated rings. The molecule has 1 aromatic carbocycles. The number of ether oxygens (including phenoxy) is 1. The Labute approximate surface area is 124 Å². The second-order valence-corrected chi connectivity index (χ2v) is 6.51. The zero-order valence-electron chi connectivity index (χ0n) is 13.8. The standard InChI is InChI=1S/C18H31NO/c1-14(2)11-17(12-15(3)4)19-10-9-16-7-6-8-18(13-16)20-5/h6-8,13-15,17,19H,9-12H2,1-5H3. The van der Waals surface area contributed by atoms with Gasteiger partial charge >= 0.3 is 0 Å². The van der Waals surface area contributed by atoms with Crippen molar-refractivity contribution >= 4 is 0 Å². The highest BCUT2D eigenvalue weighted by atomic mass is 16.5. The summed E-state index contributed by atoms with van der Waals surface area (Å²) in [5, 5.41) is 3.73. The van der Waals surface area contributed by atoms with Crippen LogP contribution in [0.1, 0.15) is 46.1 Å². The minimum Gasteiger partial charge on any atom is -0.497 e. The monoisotopic (exact) mass is 277 g/mol. The van der Waals surface area contributed by atoms with Gasteiger partial charge in [0.1, 0.15) is 5.75 Å². The summed E-state index contributed by atoms with van der Waals surface area (Å²) >= 11 is 0. The largest absolute Gasteiger partial charge is 0.497 e. The summed E-state index contributed by atoms with van der Waals surface area (Å²) in [6.07, 6.45) is 3.58. The molecule has 0 unspecified atom stereocenters. The van der Waals surface area contributed by atoms with Gasteiger partial charge in [0.15, 0.2) is 0 Å². The van der Waals surface area contributed by atoms with Crippen molar-refractivity contribution < 1.29 is 4.74 Å². The molecule has 0 amide bonds. The lowest BCUT2D eigenvalue weighted by Crippen LogP contribution is -2.33. The van der Waals surface area contributed by atoms with Crippen LogP contribution in [0.15, 0.2) is 24.3 Å². The quantitative estimate of drug-likeness (QED) is 0.727. The summed E-state index contributed by atoms with van der Waals surface area (Å²) in [6, 6.07) is 9.00. The molecule has 1 N–H and O–H groups in total. The van der Waals surface area contributed by atoms with Gasteiger partial charge in [-0.3, -0.25) is 0 Å². The van der Waals surface area contributed by atoms with Crippen molar-refractivity contribution in [1.82, 2.24) is 5.32 Å². The number of hydrogen-bond donors (Lipinski definition) is 1. The molecule has 0 aliphatic carbocycles. The molecule has 0 heterocycles. The summed E-state index contributed by atoms with van der Waals surface area (Å²) in [7, 11) is 1.72. The highest BCUT2D eigenvalue weighted by Gasteiger charge is 2.12. The number of rotatable bonds is 9.